The van der Waals surface area contributed by atoms with Gasteiger partial charge in [-0.1, -0.05) is 12.1 Å². The highest BCUT2D eigenvalue weighted by Gasteiger charge is 2.24. The number of anilines is 1. The van der Waals surface area contributed by atoms with E-state index in [4.69, 9.17) is 0 Å². The number of rotatable bonds is 2. The second-order valence-electron chi connectivity index (χ2n) is 4.55. The number of fused-ring (bicyclic) bond motifs is 1. The van der Waals surface area contributed by atoms with Gasteiger partial charge in [0.25, 0.3) is 11.6 Å². The van der Waals surface area contributed by atoms with Crippen molar-refractivity contribution in [3.8, 4) is 0 Å². The Morgan fingerprint density at radius 2 is 2.00 bits per heavy atom. The van der Waals surface area contributed by atoms with Crippen molar-refractivity contribution in [1.82, 2.24) is 0 Å². The van der Waals surface area contributed by atoms with Gasteiger partial charge in [0.05, 0.1) is 4.92 Å². The van der Waals surface area contributed by atoms with Crippen LogP contribution in [-0.4, -0.2) is 10.8 Å². The molecular formula is C15H9IN2O3. The summed E-state index contributed by atoms with van der Waals surface area (Å²) >= 11 is 2.18. The van der Waals surface area contributed by atoms with Gasteiger partial charge in [-0.25, -0.2) is 0 Å². The first-order valence-electron chi connectivity index (χ1n) is 6.12. The van der Waals surface area contributed by atoms with Gasteiger partial charge < -0.3 is 5.32 Å². The highest BCUT2D eigenvalue weighted by atomic mass is 127. The van der Waals surface area contributed by atoms with E-state index in [-0.39, 0.29) is 11.6 Å². The van der Waals surface area contributed by atoms with E-state index in [1.54, 1.807) is 18.2 Å². The minimum atomic E-state index is -0.451. The van der Waals surface area contributed by atoms with Crippen LogP contribution in [0.1, 0.15) is 11.1 Å². The van der Waals surface area contributed by atoms with Gasteiger partial charge in [-0.05, 0) is 52.4 Å². The molecule has 1 aliphatic heterocycles. The summed E-state index contributed by atoms with van der Waals surface area (Å²) in [6.45, 7) is 0. The number of halogens is 1. The molecule has 21 heavy (non-hydrogen) atoms. The van der Waals surface area contributed by atoms with E-state index in [1.165, 1.54) is 12.1 Å². The summed E-state index contributed by atoms with van der Waals surface area (Å²) in [5.41, 5.74) is 2.73. The molecule has 6 heteroatoms. The molecule has 0 aliphatic carbocycles. The van der Waals surface area contributed by atoms with E-state index < -0.39 is 4.92 Å². The Balaban J connectivity index is 2.08. The van der Waals surface area contributed by atoms with Crippen LogP contribution >= 0.6 is 22.6 Å². The van der Waals surface area contributed by atoms with E-state index in [9.17, 15) is 14.9 Å². The molecule has 104 valence electrons. The summed E-state index contributed by atoms with van der Waals surface area (Å²) < 4.78 is 1.02. The lowest BCUT2D eigenvalue weighted by Gasteiger charge is -2.00. The van der Waals surface area contributed by atoms with Gasteiger partial charge >= 0.3 is 0 Å². The summed E-state index contributed by atoms with van der Waals surface area (Å²) in [6.07, 6.45) is 1.67. The van der Waals surface area contributed by atoms with Crippen LogP contribution in [0.5, 0.6) is 0 Å². The predicted octanol–water partition coefficient (Wildman–Crippen LogP) is 3.69. The van der Waals surface area contributed by atoms with Crippen molar-refractivity contribution in [2.75, 3.05) is 5.32 Å². The number of nitrogens with zero attached hydrogens (tertiary/aromatic N) is 1. The summed E-state index contributed by atoms with van der Waals surface area (Å²) in [5.74, 6) is -0.196. The van der Waals surface area contributed by atoms with Gasteiger partial charge in [0.2, 0.25) is 0 Å². The summed E-state index contributed by atoms with van der Waals surface area (Å²) in [6, 6.07) is 11.9. The molecule has 2 aromatic rings. The fraction of sp³-hybridized carbons (Fsp3) is 0. The number of carbonyl (C=O) groups is 1. The average molecular weight is 392 g/mol. The average Bonchev–Trinajstić information content (AvgIpc) is 2.75. The smallest absolute Gasteiger partial charge is 0.270 e. The Labute approximate surface area is 134 Å². The van der Waals surface area contributed by atoms with Crippen LogP contribution in [0, 0.1) is 13.7 Å². The maximum absolute atomic E-state index is 12.0. The monoisotopic (exact) mass is 392 g/mol. The molecule has 0 atom stereocenters. The third-order valence-electron chi connectivity index (χ3n) is 3.16. The van der Waals surface area contributed by atoms with Gasteiger partial charge in [-0.15, -0.1) is 0 Å². The number of nitro benzene ring substituents is 1. The summed E-state index contributed by atoms with van der Waals surface area (Å²) in [7, 11) is 0. The van der Waals surface area contributed by atoms with Crippen molar-refractivity contribution in [3.63, 3.8) is 0 Å². The SMILES string of the molecule is O=C1Nc2ccc(I)cc2C1=Cc1cccc([N+](=O)[O-])c1. The van der Waals surface area contributed by atoms with Crippen molar-refractivity contribution < 1.29 is 9.72 Å². The fourth-order valence-corrected chi connectivity index (χ4v) is 2.69. The number of hydrogen-bond donors (Lipinski definition) is 1. The van der Waals surface area contributed by atoms with Crippen molar-refractivity contribution >= 4 is 51.5 Å². The first kappa shape index (κ1) is 13.7. The molecule has 1 aliphatic rings. The lowest BCUT2D eigenvalue weighted by atomic mass is 10.0. The highest BCUT2D eigenvalue weighted by molar-refractivity contribution is 14.1. The Bertz CT molecular complexity index is 799. The molecule has 0 bridgehead atoms. The number of non-ortho nitro benzene ring substituents is 1. The van der Waals surface area contributed by atoms with Crippen molar-refractivity contribution in [3.05, 3.63) is 67.3 Å². The highest BCUT2D eigenvalue weighted by Crippen LogP contribution is 2.34. The second-order valence-corrected chi connectivity index (χ2v) is 5.80. The lowest BCUT2D eigenvalue weighted by Crippen LogP contribution is -2.03. The number of hydrogen-bond acceptors (Lipinski definition) is 3. The Morgan fingerprint density at radius 3 is 2.76 bits per heavy atom. The molecule has 0 saturated heterocycles. The minimum Gasteiger partial charge on any atom is -0.321 e. The Kier molecular flexibility index (Phi) is 3.46. The second kappa shape index (κ2) is 5.28. The zero-order valence-electron chi connectivity index (χ0n) is 10.7. The molecule has 0 fully saturated rings. The third kappa shape index (κ3) is 2.66. The first-order chi connectivity index (χ1) is 10.0. The van der Waals surface area contributed by atoms with E-state index in [1.807, 2.05) is 18.2 Å². The Hall–Kier alpha value is -2.22. The molecule has 0 spiro atoms. The van der Waals surface area contributed by atoms with Crippen LogP contribution < -0.4 is 5.32 Å². The number of amides is 1. The summed E-state index contributed by atoms with van der Waals surface area (Å²) in [4.78, 5) is 22.4. The van der Waals surface area contributed by atoms with Crippen LogP contribution in [0.15, 0.2) is 42.5 Å². The van der Waals surface area contributed by atoms with Crippen LogP contribution in [0.25, 0.3) is 11.6 Å². The lowest BCUT2D eigenvalue weighted by molar-refractivity contribution is -0.384. The molecule has 0 saturated carbocycles. The molecule has 3 rings (SSSR count). The topological polar surface area (TPSA) is 72.2 Å². The van der Waals surface area contributed by atoms with Gasteiger partial charge in [0.15, 0.2) is 0 Å². The molecule has 0 aromatic heterocycles. The van der Waals surface area contributed by atoms with E-state index >= 15 is 0 Å². The zero-order valence-corrected chi connectivity index (χ0v) is 12.8. The van der Waals surface area contributed by atoms with Crippen LogP contribution in [-0.2, 0) is 4.79 Å². The normalized spacial score (nSPS) is 14.9. The first-order valence-corrected chi connectivity index (χ1v) is 7.20. The van der Waals surface area contributed by atoms with E-state index in [0.29, 0.717) is 11.1 Å². The van der Waals surface area contributed by atoms with Gasteiger partial charge in [-0.3, -0.25) is 14.9 Å². The van der Waals surface area contributed by atoms with E-state index in [0.717, 1.165) is 14.8 Å². The molecular weight excluding hydrogens is 383 g/mol. The van der Waals surface area contributed by atoms with Crippen LogP contribution in [0.3, 0.4) is 0 Å². The third-order valence-corrected chi connectivity index (χ3v) is 3.83. The van der Waals surface area contributed by atoms with Crippen LogP contribution in [0.4, 0.5) is 11.4 Å². The minimum absolute atomic E-state index is 0.00520. The number of carbonyl (C=O) groups excluding carboxylic acids is 1. The largest absolute Gasteiger partial charge is 0.321 e. The van der Waals surface area contributed by atoms with Crippen LogP contribution in [0.2, 0.25) is 0 Å². The molecule has 5 nitrogen and oxygen atoms in total. The maximum atomic E-state index is 12.0. The van der Waals surface area contributed by atoms with Crippen molar-refractivity contribution in [1.29, 1.82) is 0 Å². The van der Waals surface area contributed by atoms with Crippen molar-refractivity contribution in [2.45, 2.75) is 0 Å². The molecule has 2 aromatic carbocycles. The standard InChI is InChI=1S/C15H9IN2O3/c16-10-4-5-14-12(8-10)13(15(19)17-14)7-9-2-1-3-11(6-9)18(20)21/h1-8H,(H,17,19). The quantitative estimate of drug-likeness (QED) is 0.367. The molecule has 1 amide bonds. The van der Waals surface area contributed by atoms with Gasteiger partial charge in [-0.2, -0.15) is 0 Å². The molecule has 0 unspecified atom stereocenters. The maximum Gasteiger partial charge on any atom is 0.270 e. The Morgan fingerprint density at radius 1 is 1.19 bits per heavy atom. The zero-order chi connectivity index (χ0) is 15.0. The number of nitrogens with one attached hydrogen (secondary N) is 1. The molecule has 0 radical (unpaired) electrons. The predicted molar refractivity (Wildman–Crippen MR) is 88.8 cm³/mol. The fourth-order valence-electron chi connectivity index (χ4n) is 2.20. The molecule has 1 N–H and O–H groups in total. The molecule has 1 heterocycles. The van der Waals surface area contributed by atoms with Gasteiger partial charge in [0, 0.05) is 32.5 Å². The van der Waals surface area contributed by atoms with Crippen molar-refractivity contribution in [2.24, 2.45) is 0 Å². The van der Waals surface area contributed by atoms with E-state index in [2.05, 4.69) is 27.9 Å². The van der Waals surface area contributed by atoms with Gasteiger partial charge in [0.1, 0.15) is 0 Å². The number of nitro groups is 1. The summed E-state index contributed by atoms with van der Waals surface area (Å²) in [5, 5.41) is 13.6. The number of benzene rings is 2.